The van der Waals surface area contributed by atoms with Crippen molar-refractivity contribution in [1.82, 2.24) is 9.80 Å². The quantitative estimate of drug-likeness (QED) is 0.618. The van der Waals surface area contributed by atoms with Crippen LogP contribution in [0.5, 0.6) is 0 Å². The molecule has 0 aromatic rings. The predicted molar refractivity (Wildman–Crippen MR) is 65.8 cm³/mol. The summed E-state index contributed by atoms with van der Waals surface area (Å²) >= 11 is 5.31. The molecule has 0 saturated carbocycles. The average molecular weight is 214 g/mol. The van der Waals surface area contributed by atoms with Crippen LogP contribution < -0.4 is 0 Å². The molecule has 0 aliphatic carbocycles. The van der Waals surface area contributed by atoms with Gasteiger partial charge in [-0.2, -0.15) is 0 Å². The molecule has 0 spiro atoms. The summed E-state index contributed by atoms with van der Waals surface area (Å²) in [5, 5.41) is 0. The standard InChI is InChI=1S/C11H22N2S/c1-5-10(14)12-6-8-13(9-7-12)11(2,3)4/h5-9H2,1-4H3. The highest BCUT2D eigenvalue weighted by atomic mass is 32.1. The van der Waals surface area contributed by atoms with Gasteiger partial charge in [0.15, 0.2) is 0 Å². The van der Waals surface area contributed by atoms with Crippen molar-refractivity contribution in [3.8, 4) is 0 Å². The Morgan fingerprint density at radius 2 is 1.64 bits per heavy atom. The maximum atomic E-state index is 5.31. The van der Waals surface area contributed by atoms with Gasteiger partial charge in [-0.1, -0.05) is 19.1 Å². The van der Waals surface area contributed by atoms with Gasteiger partial charge in [0.1, 0.15) is 0 Å². The van der Waals surface area contributed by atoms with Crippen molar-refractivity contribution in [2.24, 2.45) is 0 Å². The summed E-state index contributed by atoms with van der Waals surface area (Å²) < 4.78 is 0. The maximum absolute atomic E-state index is 5.31. The molecule has 1 saturated heterocycles. The Balaban J connectivity index is 2.43. The lowest BCUT2D eigenvalue weighted by Gasteiger charge is -2.43. The first-order valence-electron chi connectivity index (χ1n) is 5.48. The third-order valence-electron chi connectivity index (χ3n) is 2.88. The highest BCUT2D eigenvalue weighted by Crippen LogP contribution is 2.16. The van der Waals surface area contributed by atoms with E-state index in [-0.39, 0.29) is 0 Å². The van der Waals surface area contributed by atoms with Crippen LogP contribution in [0.3, 0.4) is 0 Å². The topological polar surface area (TPSA) is 6.48 Å². The van der Waals surface area contributed by atoms with Crippen LogP contribution in [0.15, 0.2) is 0 Å². The zero-order valence-corrected chi connectivity index (χ0v) is 10.7. The van der Waals surface area contributed by atoms with Crippen molar-refractivity contribution >= 4 is 17.2 Å². The molecule has 1 fully saturated rings. The van der Waals surface area contributed by atoms with Crippen LogP contribution in [0.1, 0.15) is 34.1 Å². The summed E-state index contributed by atoms with van der Waals surface area (Å²) in [7, 11) is 0. The van der Waals surface area contributed by atoms with Crippen LogP contribution in [-0.4, -0.2) is 46.5 Å². The first-order chi connectivity index (χ1) is 6.45. The molecule has 0 bridgehead atoms. The van der Waals surface area contributed by atoms with Crippen LogP contribution in [-0.2, 0) is 0 Å². The molecule has 0 aromatic heterocycles. The number of thiocarbonyl (C=S) groups is 1. The van der Waals surface area contributed by atoms with Gasteiger partial charge in [0.05, 0.1) is 4.99 Å². The zero-order chi connectivity index (χ0) is 10.8. The van der Waals surface area contributed by atoms with Crippen LogP contribution >= 0.6 is 12.2 Å². The van der Waals surface area contributed by atoms with Crippen molar-refractivity contribution in [3.63, 3.8) is 0 Å². The minimum absolute atomic E-state index is 0.305. The Kier molecular flexibility index (Phi) is 3.90. The van der Waals surface area contributed by atoms with E-state index in [0.717, 1.165) is 37.6 Å². The monoisotopic (exact) mass is 214 g/mol. The lowest BCUT2D eigenvalue weighted by Crippen LogP contribution is -2.54. The molecule has 82 valence electrons. The number of hydrogen-bond acceptors (Lipinski definition) is 2. The highest BCUT2D eigenvalue weighted by molar-refractivity contribution is 7.80. The summed E-state index contributed by atoms with van der Waals surface area (Å²) in [6.45, 7) is 13.5. The van der Waals surface area contributed by atoms with E-state index in [1.165, 1.54) is 0 Å². The second-order valence-corrected chi connectivity index (χ2v) is 5.36. The van der Waals surface area contributed by atoms with Gasteiger partial charge in [0.2, 0.25) is 0 Å². The number of piperazine rings is 1. The maximum Gasteiger partial charge on any atom is 0.0777 e. The van der Waals surface area contributed by atoms with Gasteiger partial charge in [-0.25, -0.2) is 0 Å². The Morgan fingerprint density at radius 1 is 1.14 bits per heavy atom. The molecule has 1 aliphatic heterocycles. The summed E-state index contributed by atoms with van der Waals surface area (Å²) in [6, 6.07) is 0. The van der Waals surface area contributed by atoms with Gasteiger partial charge < -0.3 is 4.90 Å². The third kappa shape index (κ3) is 2.92. The van der Waals surface area contributed by atoms with Crippen molar-refractivity contribution in [3.05, 3.63) is 0 Å². The van der Waals surface area contributed by atoms with Crippen LogP contribution in [0.2, 0.25) is 0 Å². The van der Waals surface area contributed by atoms with Gasteiger partial charge in [-0.05, 0) is 27.2 Å². The van der Waals surface area contributed by atoms with E-state index < -0.39 is 0 Å². The Bertz CT molecular complexity index is 200. The molecule has 0 N–H and O–H groups in total. The number of nitrogens with zero attached hydrogens (tertiary/aromatic N) is 2. The van der Waals surface area contributed by atoms with Crippen molar-refractivity contribution in [2.75, 3.05) is 26.2 Å². The van der Waals surface area contributed by atoms with E-state index >= 15 is 0 Å². The van der Waals surface area contributed by atoms with Crippen LogP contribution in [0, 0.1) is 0 Å². The Hall–Kier alpha value is -0.150. The molecule has 2 nitrogen and oxygen atoms in total. The zero-order valence-electron chi connectivity index (χ0n) is 9.84. The molecule has 0 amide bonds. The SMILES string of the molecule is CCC(=S)N1CCN(C(C)(C)C)CC1. The molecule has 1 rings (SSSR count). The summed E-state index contributed by atoms with van der Waals surface area (Å²) in [4.78, 5) is 6.00. The fourth-order valence-electron chi connectivity index (χ4n) is 1.85. The molecule has 1 heterocycles. The Morgan fingerprint density at radius 3 is 2.00 bits per heavy atom. The minimum Gasteiger partial charge on any atom is -0.364 e. The van der Waals surface area contributed by atoms with E-state index in [2.05, 4.69) is 37.5 Å². The molecule has 14 heavy (non-hydrogen) atoms. The van der Waals surface area contributed by atoms with Crippen molar-refractivity contribution < 1.29 is 0 Å². The molecule has 3 heteroatoms. The highest BCUT2D eigenvalue weighted by Gasteiger charge is 2.25. The molecule has 0 unspecified atom stereocenters. The molecular formula is C11H22N2S. The van der Waals surface area contributed by atoms with Gasteiger partial charge in [-0.3, -0.25) is 4.90 Å². The lowest BCUT2D eigenvalue weighted by molar-refractivity contribution is 0.0886. The summed E-state index contributed by atoms with van der Waals surface area (Å²) in [5.41, 5.74) is 0.305. The normalized spacial score (nSPS) is 19.9. The van der Waals surface area contributed by atoms with Gasteiger partial charge >= 0.3 is 0 Å². The van der Waals surface area contributed by atoms with Crippen LogP contribution in [0.4, 0.5) is 0 Å². The molecule has 1 aliphatic rings. The first kappa shape index (κ1) is 11.9. The molecule has 0 radical (unpaired) electrons. The summed E-state index contributed by atoms with van der Waals surface area (Å²) in [6.07, 6.45) is 1.00. The Labute approximate surface area is 93.3 Å². The first-order valence-corrected chi connectivity index (χ1v) is 5.89. The van der Waals surface area contributed by atoms with E-state index in [4.69, 9.17) is 12.2 Å². The average Bonchev–Trinajstić information content (AvgIpc) is 2.15. The fraction of sp³-hybridized carbons (Fsp3) is 0.909. The number of hydrogen-bond donors (Lipinski definition) is 0. The van der Waals surface area contributed by atoms with Gasteiger partial charge in [0, 0.05) is 31.7 Å². The van der Waals surface area contributed by atoms with E-state index in [9.17, 15) is 0 Å². The fourth-order valence-corrected chi connectivity index (χ4v) is 2.03. The lowest BCUT2D eigenvalue weighted by atomic mass is 10.0. The molecule has 0 atom stereocenters. The second kappa shape index (κ2) is 4.58. The third-order valence-corrected chi connectivity index (χ3v) is 3.43. The number of rotatable bonds is 1. The van der Waals surface area contributed by atoms with Crippen molar-refractivity contribution in [2.45, 2.75) is 39.7 Å². The smallest absolute Gasteiger partial charge is 0.0777 e. The molecule has 0 aromatic carbocycles. The van der Waals surface area contributed by atoms with Gasteiger partial charge in [0.25, 0.3) is 0 Å². The van der Waals surface area contributed by atoms with E-state index in [1.54, 1.807) is 0 Å². The largest absolute Gasteiger partial charge is 0.364 e. The minimum atomic E-state index is 0.305. The van der Waals surface area contributed by atoms with Gasteiger partial charge in [-0.15, -0.1) is 0 Å². The van der Waals surface area contributed by atoms with Crippen molar-refractivity contribution in [1.29, 1.82) is 0 Å². The van der Waals surface area contributed by atoms with Crippen LogP contribution in [0.25, 0.3) is 0 Å². The van der Waals surface area contributed by atoms with E-state index in [1.807, 2.05) is 0 Å². The molecular weight excluding hydrogens is 192 g/mol. The second-order valence-electron chi connectivity index (χ2n) is 4.89. The summed E-state index contributed by atoms with van der Waals surface area (Å²) in [5.74, 6) is 0. The predicted octanol–water partition coefficient (Wildman–Crippen LogP) is 2.14. The van der Waals surface area contributed by atoms with E-state index in [0.29, 0.717) is 5.54 Å².